The summed E-state index contributed by atoms with van der Waals surface area (Å²) < 4.78 is 31.6. The molecule has 0 aromatic heterocycles. The van der Waals surface area contributed by atoms with E-state index in [4.69, 9.17) is 4.74 Å². The van der Waals surface area contributed by atoms with Gasteiger partial charge in [0, 0.05) is 26.1 Å². The van der Waals surface area contributed by atoms with Crippen molar-refractivity contribution < 1.29 is 22.7 Å². The second-order valence-electron chi connectivity index (χ2n) is 9.71. The van der Waals surface area contributed by atoms with Gasteiger partial charge >= 0.3 is 0 Å². The highest BCUT2D eigenvalue weighted by molar-refractivity contribution is 7.92. The number of anilines is 1. The zero-order chi connectivity index (χ0) is 27.6. The summed E-state index contributed by atoms with van der Waals surface area (Å²) in [7, 11) is -1.94. The van der Waals surface area contributed by atoms with Crippen molar-refractivity contribution >= 4 is 27.5 Å². The first-order chi connectivity index (χ1) is 17.5. The standard InChI is InChI=1S/C28H41N3O5S/c1-7-26(28(33)29-19-21(2)3)30(20-23-10-8-11-25(18-23)36-5)27(32)12-9-17-31(37(6,34)35)24-15-13-22(4)14-16-24/h8,10-11,13-16,18,21,26H,7,9,12,17,19-20H2,1-6H3,(H,29,33)/t26-/m0/s1. The predicted octanol–water partition coefficient (Wildman–Crippen LogP) is 4.13. The Morgan fingerprint density at radius 3 is 2.32 bits per heavy atom. The van der Waals surface area contributed by atoms with Crippen LogP contribution in [0.25, 0.3) is 0 Å². The molecule has 204 valence electrons. The van der Waals surface area contributed by atoms with Gasteiger partial charge in [0.2, 0.25) is 21.8 Å². The van der Waals surface area contributed by atoms with Gasteiger partial charge in [-0.15, -0.1) is 0 Å². The Balaban J connectivity index is 2.22. The lowest BCUT2D eigenvalue weighted by atomic mass is 10.1. The molecule has 0 aliphatic carbocycles. The maximum absolute atomic E-state index is 13.5. The number of amides is 2. The normalized spacial score (nSPS) is 12.2. The molecular weight excluding hydrogens is 490 g/mol. The zero-order valence-electron chi connectivity index (χ0n) is 22.9. The number of nitrogens with zero attached hydrogens (tertiary/aromatic N) is 2. The summed E-state index contributed by atoms with van der Waals surface area (Å²) >= 11 is 0. The number of carbonyl (C=O) groups is 2. The highest BCUT2D eigenvalue weighted by Gasteiger charge is 2.29. The van der Waals surface area contributed by atoms with Crippen LogP contribution in [0.5, 0.6) is 5.75 Å². The lowest BCUT2D eigenvalue weighted by Crippen LogP contribution is -2.49. The van der Waals surface area contributed by atoms with Gasteiger partial charge in [-0.2, -0.15) is 0 Å². The van der Waals surface area contributed by atoms with Gasteiger partial charge in [0.05, 0.1) is 19.1 Å². The summed E-state index contributed by atoms with van der Waals surface area (Å²) in [4.78, 5) is 28.1. The van der Waals surface area contributed by atoms with Gasteiger partial charge in [0.1, 0.15) is 11.8 Å². The summed E-state index contributed by atoms with van der Waals surface area (Å²) in [6.07, 6.45) is 2.04. The first-order valence-electron chi connectivity index (χ1n) is 12.7. The van der Waals surface area contributed by atoms with Crippen LogP contribution in [0, 0.1) is 12.8 Å². The molecule has 2 aromatic rings. The topological polar surface area (TPSA) is 96.0 Å². The lowest BCUT2D eigenvalue weighted by Gasteiger charge is -2.31. The molecule has 1 atom stereocenters. The Labute approximate surface area is 222 Å². The van der Waals surface area contributed by atoms with E-state index in [2.05, 4.69) is 5.32 Å². The van der Waals surface area contributed by atoms with Gasteiger partial charge in [-0.05, 0) is 55.5 Å². The number of methoxy groups -OCH3 is 1. The van der Waals surface area contributed by atoms with Gasteiger partial charge in [0.15, 0.2) is 0 Å². The molecule has 0 aliphatic heterocycles. The van der Waals surface area contributed by atoms with Gasteiger partial charge in [-0.1, -0.05) is 50.6 Å². The van der Waals surface area contributed by atoms with Crippen LogP contribution >= 0.6 is 0 Å². The third kappa shape index (κ3) is 9.39. The summed E-state index contributed by atoms with van der Waals surface area (Å²) in [6, 6.07) is 14.0. The van der Waals surface area contributed by atoms with Crippen molar-refractivity contribution in [1.29, 1.82) is 0 Å². The van der Waals surface area contributed by atoms with Crippen LogP contribution in [0.4, 0.5) is 5.69 Å². The molecule has 2 rings (SSSR count). The number of ether oxygens (including phenoxy) is 1. The monoisotopic (exact) mass is 531 g/mol. The lowest BCUT2D eigenvalue weighted by molar-refractivity contribution is -0.141. The zero-order valence-corrected chi connectivity index (χ0v) is 23.7. The molecule has 1 N–H and O–H groups in total. The van der Waals surface area contributed by atoms with Crippen LogP contribution in [-0.2, 0) is 26.2 Å². The molecule has 0 heterocycles. The summed E-state index contributed by atoms with van der Waals surface area (Å²) in [6.45, 7) is 8.79. The number of benzene rings is 2. The van der Waals surface area contributed by atoms with Gasteiger partial charge in [-0.25, -0.2) is 8.42 Å². The molecule has 0 fully saturated rings. The Hall–Kier alpha value is -3.07. The van der Waals surface area contributed by atoms with E-state index < -0.39 is 16.1 Å². The van der Waals surface area contributed by atoms with Crippen molar-refractivity contribution in [3.63, 3.8) is 0 Å². The molecular formula is C28H41N3O5S. The minimum absolute atomic E-state index is 0.107. The van der Waals surface area contributed by atoms with Crippen LogP contribution in [0.1, 0.15) is 51.2 Å². The average Bonchev–Trinajstić information content (AvgIpc) is 2.85. The minimum Gasteiger partial charge on any atom is -0.497 e. The first kappa shape index (κ1) is 30.2. The Morgan fingerprint density at radius 2 is 1.76 bits per heavy atom. The summed E-state index contributed by atoms with van der Waals surface area (Å²) in [5.74, 6) is 0.563. The molecule has 8 nitrogen and oxygen atoms in total. The molecule has 9 heteroatoms. The number of carbonyl (C=O) groups excluding carboxylic acids is 2. The van der Waals surface area contributed by atoms with Crippen molar-refractivity contribution in [3.8, 4) is 5.75 Å². The van der Waals surface area contributed by atoms with Crippen LogP contribution < -0.4 is 14.4 Å². The number of hydrogen-bond acceptors (Lipinski definition) is 5. The fourth-order valence-corrected chi connectivity index (χ4v) is 4.99. The Morgan fingerprint density at radius 1 is 1.08 bits per heavy atom. The average molecular weight is 532 g/mol. The summed E-state index contributed by atoms with van der Waals surface area (Å²) in [5.41, 5.74) is 2.44. The van der Waals surface area contributed by atoms with Crippen molar-refractivity contribution in [2.75, 3.05) is 30.8 Å². The van der Waals surface area contributed by atoms with E-state index in [0.717, 1.165) is 17.4 Å². The number of hydrogen-bond donors (Lipinski definition) is 1. The SMILES string of the molecule is CC[C@@H](C(=O)NCC(C)C)N(Cc1cccc(OC)c1)C(=O)CCCN(c1ccc(C)cc1)S(C)(=O)=O. The number of nitrogens with one attached hydrogen (secondary N) is 1. The maximum Gasteiger partial charge on any atom is 0.242 e. The highest BCUT2D eigenvalue weighted by atomic mass is 32.2. The third-order valence-electron chi connectivity index (χ3n) is 6.03. The number of sulfonamides is 1. The maximum atomic E-state index is 13.5. The molecule has 0 spiro atoms. The first-order valence-corrected chi connectivity index (χ1v) is 14.6. The number of rotatable bonds is 14. The Bertz CT molecular complexity index is 1130. The van der Waals surface area contributed by atoms with Crippen LogP contribution in [0.2, 0.25) is 0 Å². The molecule has 2 amide bonds. The molecule has 0 radical (unpaired) electrons. The fraction of sp³-hybridized carbons (Fsp3) is 0.500. The van der Waals surface area contributed by atoms with Crippen molar-refractivity contribution in [2.45, 2.75) is 59.5 Å². The Kier molecular flexibility index (Phi) is 11.4. The van der Waals surface area contributed by atoms with Gasteiger partial charge in [-0.3, -0.25) is 13.9 Å². The molecule has 0 aliphatic rings. The molecule has 0 bridgehead atoms. The quantitative estimate of drug-likeness (QED) is 0.396. The molecule has 0 saturated heterocycles. The predicted molar refractivity (Wildman–Crippen MR) is 148 cm³/mol. The van der Waals surface area contributed by atoms with Crippen LogP contribution in [-0.4, -0.2) is 57.6 Å². The van der Waals surface area contributed by atoms with E-state index in [9.17, 15) is 18.0 Å². The van der Waals surface area contributed by atoms with E-state index in [0.29, 0.717) is 30.8 Å². The van der Waals surface area contributed by atoms with E-state index in [1.54, 1.807) is 24.1 Å². The summed E-state index contributed by atoms with van der Waals surface area (Å²) in [5, 5.41) is 2.95. The molecule has 37 heavy (non-hydrogen) atoms. The van der Waals surface area contributed by atoms with E-state index in [1.165, 1.54) is 4.31 Å². The largest absolute Gasteiger partial charge is 0.497 e. The second-order valence-corrected chi connectivity index (χ2v) is 11.6. The molecule has 2 aromatic carbocycles. The van der Waals surface area contributed by atoms with E-state index in [-0.39, 0.29) is 37.2 Å². The van der Waals surface area contributed by atoms with Crippen LogP contribution in [0.15, 0.2) is 48.5 Å². The van der Waals surface area contributed by atoms with Crippen LogP contribution in [0.3, 0.4) is 0 Å². The van der Waals surface area contributed by atoms with Crippen molar-refractivity contribution in [1.82, 2.24) is 10.2 Å². The smallest absolute Gasteiger partial charge is 0.242 e. The third-order valence-corrected chi connectivity index (χ3v) is 7.23. The van der Waals surface area contributed by atoms with E-state index >= 15 is 0 Å². The second kappa shape index (κ2) is 14.0. The fourth-order valence-electron chi connectivity index (χ4n) is 4.02. The van der Waals surface area contributed by atoms with Gasteiger partial charge in [0.25, 0.3) is 0 Å². The highest BCUT2D eigenvalue weighted by Crippen LogP contribution is 2.21. The molecule has 0 unspecified atom stereocenters. The minimum atomic E-state index is -3.52. The van der Waals surface area contributed by atoms with Crippen molar-refractivity contribution in [2.24, 2.45) is 5.92 Å². The van der Waals surface area contributed by atoms with E-state index in [1.807, 2.05) is 64.1 Å². The molecule has 0 saturated carbocycles. The number of aryl methyl sites for hydroxylation is 1. The van der Waals surface area contributed by atoms with Crippen molar-refractivity contribution in [3.05, 3.63) is 59.7 Å². The van der Waals surface area contributed by atoms with Gasteiger partial charge < -0.3 is 15.0 Å².